The molecule has 0 saturated carbocycles. The van der Waals surface area contributed by atoms with Crippen molar-refractivity contribution in [2.24, 2.45) is 4.99 Å². The van der Waals surface area contributed by atoms with Gasteiger partial charge in [0.1, 0.15) is 0 Å². The molecule has 94 valence electrons. The van der Waals surface area contributed by atoms with Gasteiger partial charge in [0.05, 0.1) is 12.2 Å². The molecule has 0 unspecified atom stereocenters. The van der Waals surface area contributed by atoms with Crippen LogP contribution in [0.2, 0.25) is 0 Å². The van der Waals surface area contributed by atoms with Crippen LogP contribution in [0.5, 0.6) is 0 Å². The van der Waals surface area contributed by atoms with E-state index in [1.165, 1.54) is 10.6 Å². The average molecular weight is 266 g/mol. The number of aromatic nitrogens is 1. The summed E-state index contributed by atoms with van der Waals surface area (Å²) in [5, 5.41) is 2.11. The van der Waals surface area contributed by atoms with E-state index in [1.807, 2.05) is 36.5 Å². The molecule has 2 aromatic heterocycles. The number of thiophene rings is 1. The standard InChI is InChI=1S/C16H14N2S/c1-2-6-14(7-3-1)12-17-13-16-15(8-11-19-16)18-9-4-5-10-18/h1-12H,13H2. The van der Waals surface area contributed by atoms with Gasteiger partial charge >= 0.3 is 0 Å². The summed E-state index contributed by atoms with van der Waals surface area (Å²) >= 11 is 1.75. The molecule has 0 aliphatic heterocycles. The van der Waals surface area contributed by atoms with Crippen molar-refractivity contribution in [2.75, 3.05) is 0 Å². The van der Waals surface area contributed by atoms with Crippen molar-refractivity contribution < 1.29 is 0 Å². The van der Waals surface area contributed by atoms with Gasteiger partial charge in [-0.3, -0.25) is 4.99 Å². The SMILES string of the molecule is C(=NCc1sccc1-n1cccc1)c1ccccc1. The van der Waals surface area contributed by atoms with Crippen LogP contribution in [0.1, 0.15) is 10.4 Å². The molecule has 0 saturated heterocycles. The molecule has 0 fully saturated rings. The Morgan fingerprint density at radius 3 is 2.58 bits per heavy atom. The van der Waals surface area contributed by atoms with E-state index in [1.54, 1.807) is 11.3 Å². The minimum Gasteiger partial charge on any atom is -0.323 e. The van der Waals surface area contributed by atoms with Crippen LogP contribution in [0.3, 0.4) is 0 Å². The average Bonchev–Trinajstić information content (AvgIpc) is 3.10. The zero-order valence-corrected chi connectivity index (χ0v) is 11.3. The molecule has 0 bridgehead atoms. The van der Waals surface area contributed by atoms with E-state index in [0.29, 0.717) is 0 Å². The Morgan fingerprint density at radius 2 is 1.79 bits per heavy atom. The summed E-state index contributed by atoms with van der Waals surface area (Å²) in [5.41, 5.74) is 2.36. The van der Waals surface area contributed by atoms with E-state index in [4.69, 9.17) is 0 Å². The van der Waals surface area contributed by atoms with Gasteiger partial charge in [-0.1, -0.05) is 30.3 Å². The molecule has 0 spiro atoms. The Kier molecular flexibility index (Phi) is 3.56. The predicted octanol–water partition coefficient (Wildman–Crippen LogP) is 4.16. The van der Waals surface area contributed by atoms with Crippen LogP contribution in [0.4, 0.5) is 0 Å². The van der Waals surface area contributed by atoms with Crippen molar-refractivity contribution in [3.8, 4) is 5.69 Å². The number of nitrogens with zero attached hydrogens (tertiary/aromatic N) is 2. The molecule has 3 heteroatoms. The van der Waals surface area contributed by atoms with Gasteiger partial charge in [-0.05, 0) is 29.1 Å². The van der Waals surface area contributed by atoms with Gasteiger partial charge in [0.2, 0.25) is 0 Å². The van der Waals surface area contributed by atoms with Crippen LogP contribution in [0, 0.1) is 0 Å². The van der Waals surface area contributed by atoms with E-state index in [0.717, 1.165) is 12.1 Å². The monoisotopic (exact) mass is 266 g/mol. The zero-order valence-electron chi connectivity index (χ0n) is 10.4. The Bertz CT molecular complexity index is 651. The van der Waals surface area contributed by atoms with E-state index in [9.17, 15) is 0 Å². The molecule has 0 N–H and O–H groups in total. The summed E-state index contributed by atoms with van der Waals surface area (Å²) in [6.07, 6.45) is 6.05. The maximum atomic E-state index is 4.53. The van der Waals surface area contributed by atoms with Crippen LogP contribution in [0.25, 0.3) is 5.69 Å². The first-order valence-corrected chi connectivity index (χ1v) is 7.06. The number of rotatable bonds is 4. The molecule has 3 aromatic rings. The fourth-order valence-electron chi connectivity index (χ4n) is 1.95. The third-order valence-corrected chi connectivity index (χ3v) is 3.77. The number of hydrogen-bond acceptors (Lipinski definition) is 2. The molecule has 0 aliphatic rings. The second-order valence-electron chi connectivity index (χ2n) is 4.20. The van der Waals surface area contributed by atoms with Gasteiger partial charge in [-0.2, -0.15) is 0 Å². The summed E-state index contributed by atoms with van der Waals surface area (Å²) < 4.78 is 2.13. The van der Waals surface area contributed by atoms with Gasteiger partial charge in [0.15, 0.2) is 0 Å². The highest BCUT2D eigenvalue weighted by Gasteiger charge is 2.04. The Labute approximate surface area is 116 Å². The first-order chi connectivity index (χ1) is 9.43. The van der Waals surface area contributed by atoms with Gasteiger partial charge in [0, 0.05) is 23.5 Å². The Hall–Kier alpha value is -2.13. The van der Waals surface area contributed by atoms with Gasteiger partial charge in [-0.15, -0.1) is 11.3 Å². The molecule has 0 radical (unpaired) electrons. The van der Waals surface area contributed by atoms with E-state index < -0.39 is 0 Å². The van der Waals surface area contributed by atoms with Gasteiger partial charge < -0.3 is 4.57 Å². The van der Waals surface area contributed by atoms with Crippen molar-refractivity contribution in [3.63, 3.8) is 0 Å². The topological polar surface area (TPSA) is 17.3 Å². The second kappa shape index (κ2) is 5.67. The molecule has 2 heterocycles. The minimum atomic E-state index is 0.722. The van der Waals surface area contributed by atoms with Crippen molar-refractivity contribution in [1.82, 2.24) is 4.57 Å². The molecular weight excluding hydrogens is 252 g/mol. The molecule has 19 heavy (non-hydrogen) atoms. The van der Waals surface area contributed by atoms with Crippen LogP contribution in [-0.4, -0.2) is 10.8 Å². The normalized spacial score (nSPS) is 11.2. The van der Waals surface area contributed by atoms with Crippen LogP contribution in [-0.2, 0) is 6.54 Å². The Morgan fingerprint density at radius 1 is 1.00 bits per heavy atom. The van der Waals surface area contributed by atoms with Gasteiger partial charge in [0.25, 0.3) is 0 Å². The smallest absolute Gasteiger partial charge is 0.0753 e. The van der Waals surface area contributed by atoms with E-state index in [-0.39, 0.29) is 0 Å². The summed E-state index contributed by atoms with van der Waals surface area (Å²) in [7, 11) is 0. The number of aliphatic imine (C=N–C) groups is 1. The molecule has 0 aliphatic carbocycles. The fourth-order valence-corrected chi connectivity index (χ4v) is 2.75. The molecule has 1 aromatic carbocycles. The molecule has 0 amide bonds. The molecule has 3 rings (SSSR count). The summed E-state index contributed by atoms with van der Waals surface area (Å²) in [6, 6.07) is 16.4. The van der Waals surface area contributed by atoms with Crippen LogP contribution < -0.4 is 0 Å². The highest BCUT2D eigenvalue weighted by Crippen LogP contribution is 2.22. The lowest BCUT2D eigenvalue weighted by molar-refractivity contribution is 1.02. The molecule has 0 atom stereocenters. The van der Waals surface area contributed by atoms with Crippen molar-refractivity contribution in [2.45, 2.75) is 6.54 Å². The fraction of sp³-hybridized carbons (Fsp3) is 0.0625. The summed E-state index contributed by atoms with van der Waals surface area (Å²) in [6.45, 7) is 0.722. The maximum Gasteiger partial charge on any atom is 0.0753 e. The van der Waals surface area contributed by atoms with Crippen LogP contribution in [0.15, 0.2) is 71.3 Å². The minimum absolute atomic E-state index is 0.722. The number of benzene rings is 1. The molecule has 2 nitrogen and oxygen atoms in total. The zero-order chi connectivity index (χ0) is 12.9. The quantitative estimate of drug-likeness (QED) is 0.631. The lowest BCUT2D eigenvalue weighted by atomic mass is 10.2. The first-order valence-electron chi connectivity index (χ1n) is 6.18. The third-order valence-electron chi connectivity index (χ3n) is 2.88. The van der Waals surface area contributed by atoms with Crippen molar-refractivity contribution >= 4 is 17.6 Å². The van der Waals surface area contributed by atoms with Crippen LogP contribution >= 0.6 is 11.3 Å². The highest BCUT2D eigenvalue weighted by molar-refractivity contribution is 7.10. The van der Waals surface area contributed by atoms with E-state index in [2.05, 4.69) is 45.5 Å². The van der Waals surface area contributed by atoms with Gasteiger partial charge in [-0.25, -0.2) is 0 Å². The molecular formula is C16H14N2S. The Balaban J connectivity index is 1.75. The lowest BCUT2D eigenvalue weighted by Crippen LogP contribution is -1.91. The summed E-state index contributed by atoms with van der Waals surface area (Å²) in [4.78, 5) is 5.81. The second-order valence-corrected chi connectivity index (χ2v) is 5.20. The lowest BCUT2D eigenvalue weighted by Gasteiger charge is -2.02. The van der Waals surface area contributed by atoms with E-state index >= 15 is 0 Å². The van der Waals surface area contributed by atoms with Crippen molar-refractivity contribution in [3.05, 3.63) is 76.7 Å². The first kappa shape index (κ1) is 11.9. The van der Waals surface area contributed by atoms with Crippen molar-refractivity contribution in [1.29, 1.82) is 0 Å². The predicted molar refractivity (Wildman–Crippen MR) is 81.4 cm³/mol. The maximum absolute atomic E-state index is 4.53. The largest absolute Gasteiger partial charge is 0.323 e. The third kappa shape index (κ3) is 2.83. The summed E-state index contributed by atoms with van der Waals surface area (Å²) in [5.74, 6) is 0. The highest BCUT2D eigenvalue weighted by atomic mass is 32.1. The number of hydrogen-bond donors (Lipinski definition) is 0.